The molecule has 0 aromatic heterocycles. The summed E-state index contributed by atoms with van der Waals surface area (Å²) < 4.78 is 5.42. The largest absolute Gasteiger partial charge is 0.368 e. The Bertz CT molecular complexity index is 406. The molecule has 1 amide bonds. The highest BCUT2D eigenvalue weighted by molar-refractivity contribution is 5.94. The summed E-state index contributed by atoms with van der Waals surface area (Å²) in [6.07, 6.45) is 0.623. The Morgan fingerprint density at radius 2 is 2.41 bits per heavy atom. The first-order chi connectivity index (χ1) is 8.20. The average Bonchev–Trinajstić information content (AvgIpc) is 2.76. The monoisotopic (exact) mass is 234 g/mol. The summed E-state index contributed by atoms with van der Waals surface area (Å²) in [5.41, 5.74) is 7.34. The first-order valence-corrected chi connectivity index (χ1v) is 5.92. The molecule has 1 saturated heterocycles. The molecule has 0 bridgehead atoms. The Hall–Kier alpha value is -1.39. The van der Waals surface area contributed by atoms with E-state index in [4.69, 9.17) is 10.5 Å². The zero-order valence-electron chi connectivity index (χ0n) is 9.98. The highest BCUT2D eigenvalue weighted by Gasteiger charge is 2.30. The van der Waals surface area contributed by atoms with Crippen LogP contribution in [0.25, 0.3) is 0 Å². The second kappa shape index (κ2) is 5.29. The fourth-order valence-electron chi connectivity index (χ4n) is 2.02. The molecular weight excluding hydrogens is 216 g/mol. The summed E-state index contributed by atoms with van der Waals surface area (Å²) in [4.78, 5) is 12.0. The number of benzene rings is 1. The van der Waals surface area contributed by atoms with E-state index >= 15 is 0 Å². The molecule has 3 N–H and O–H groups in total. The van der Waals surface area contributed by atoms with E-state index in [9.17, 15) is 4.79 Å². The number of hydrogen-bond donors (Lipinski definition) is 2. The zero-order chi connectivity index (χ0) is 12.3. The van der Waals surface area contributed by atoms with E-state index < -0.39 is 0 Å². The van der Waals surface area contributed by atoms with Gasteiger partial charge in [-0.2, -0.15) is 0 Å². The molecule has 1 aromatic carbocycles. The van der Waals surface area contributed by atoms with E-state index in [0.717, 1.165) is 17.7 Å². The fourth-order valence-corrected chi connectivity index (χ4v) is 2.02. The number of carbonyl (C=O) groups is 1. The summed E-state index contributed by atoms with van der Waals surface area (Å²) in [7, 11) is 0. The van der Waals surface area contributed by atoms with Gasteiger partial charge in [0.1, 0.15) is 6.10 Å². The zero-order valence-corrected chi connectivity index (χ0v) is 9.98. The minimum absolute atomic E-state index is 0.0656. The van der Waals surface area contributed by atoms with Crippen LogP contribution in [0.1, 0.15) is 18.9 Å². The highest BCUT2D eigenvalue weighted by atomic mass is 16.5. The lowest BCUT2D eigenvalue weighted by molar-refractivity contribution is -0.126. The minimum Gasteiger partial charge on any atom is -0.368 e. The van der Waals surface area contributed by atoms with Crippen molar-refractivity contribution in [1.29, 1.82) is 0 Å². The Morgan fingerprint density at radius 3 is 3.06 bits per heavy atom. The van der Waals surface area contributed by atoms with Crippen LogP contribution in [-0.2, 0) is 16.1 Å². The molecule has 0 radical (unpaired) electrons. The van der Waals surface area contributed by atoms with Gasteiger partial charge in [0.05, 0.1) is 0 Å². The van der Waals surface area contributed by atoms with Crippen molar-refractivity contribution in [3.05, 3.63) is 29.8 Å². The van der Waals surface area contributed by atoms with Crippen LogP contribution in [0.4, 0.5) is 5.69 Å². The van der Waals surface area contributed by atoms with Gasteiger partial charge >= 0.3 is 0 Å². The van der Waals surface area contributed by atoms with Crippen molar-refractivity contribution in [2.24, 2.45) is 11.7 Å². The number of amides is 1. The third kappa shape index (κ3) is 2.84. The van der Waals surface area contributed by atoms with Gasteiger partial charge in [0.15, 0.2) is 0 Å². The normalized spacial score (nSPS) is 23.6. The predicted molar refractivity (Wildman–Crippen MR) is 66.5 cm³/mol. The molecule has 1 aromatic rings. The summed E-state index contributed by atoms with van der Waals surface area (Å²) in [6.45, 7) is 3.18. The van der Waals surface area contributed by atoms with Crippen LogP contribution < -0.4 is 11.1 Å². The number of nitrogens with one attached hydrogen (secondary N) is 1. The van der Waals surface area contributed by atoms with Crippen LogP contribution in [0.3, 0.4) is 0 Å². The maximum absolute atomic E-state index is 12.0. The lowest BCUT2D eigenvalue weighted by Crippen LogP contribution is -2.31. The maximum Gasteiger partial charge on any atom is 0.253 e. The maximum atomic E-state index is 12.0. The number of carbonyl (C=O) groups excluding carboxylic acids is 1. The average molecular weight is 234 g/mol. The topological polar surface area (TPSA) is 64.3 Å². The second-order valence-electron chi connectivity index (χ2n) is 4.45. The Kier molecular flexibility index (Phi) is 3.76. The van der Waals surface area contributed by atoms with Gasteiger partial charge in [-0.05, 0) is 30.0 Å². The molecule has 1 aliphatic rings. The van der Waals surface area contributed by atoms with Gasteiger partial charge in [-0.3, -0.25) is 4.79 Å². The number of hydrogen-bond acceptors (Lipinski definition) is 3. The number of ether oxygens (including phenoxy) is 1. The number of anilines is 1. The minimum atomic E-state index is -0.323. The summed E-state index contributed by atoms with van der Waals surface area (Å²) >= 11 is 0. The first-order valence-electron chi connectivity index (χ1n) is 5.92. The second-order valence-corrected chi connectivity index (χ2v) is 4.45. The summed E-state index contributed by atoms with van der Waals surface area (Å²) in [5, 5.41) is 2.87. The Morgan fingerprint density at radius 1 is 1.59 bits per heavy atom. The SMILES string of the molecule is CC1CCOC1C(=O)Nc1cccc(CN)c1. The van der Waals surface area contributed by atoms with Crippen molar-refractivity contribution >= 4 is 11.6 Å². The third-order valence-corrected chi connectivity index (χ3v) is 3.08. The highest BCUT2D eigenvalue weighted by Crippen LogP contribution is 2.21. The molecule has 4 heteroatoms. The molecule has 0 spiro atoms. The van der Waals surface area contributed by atoms with Crippen molar-refractivity contribution in [3.63, 3.8) is 0 Å². The van der Waals surface area contributed by atoms with Crippen molar-refractivity contribution in [1.82, 2.24) is 0 Å². The van der Waals surface area contributed by atoms with E-state index in [-0.39, 0.29) is 17.9 Å². The van der Waals surface area contributed by atoms with Crippen LogP contribution in [0.2, 0.25) is 0 Å². The molecule has 1 fully saturated rings. The van der Waals surface area contributed by atoms with E-state index in [1.807, 2.05) is 31.2 Å². The quantitative estimate of drug-likeness (QED) is 0.833. The summed E-state index contributed by atoms with van der Waals surface area (Å²) in [5.74, 6) is 0.219. The first kappa shape index (κ1) is 12.1. The molecule has 0 saturated carbocycles. The van der Waals surface area contributed by atoms with Crippen molar-refractivity contribution < 1.29 is 9.53 Å². The van der Waals surface area contributed by atoms with Crippen LogP contribution in [0.15, 0.2) is 24.3 Å². The standard InChI is InChI=1S/C13H18N2O2/c1-9-5-6-17-12(9)13(16)15-11-4-2-3-10(7-11)8-14/h2-4,7,9,12H,5-6,8,14H2,1H3,(H,15,16). The Balaban J connectivity index is 2.02. The molecule has 1 heterocycles. The van der Waals surface area contributed by atoms with Crippen molar-refractivity contribution in [2.45, 2.75) is 26.0 Å². The van der Waals surface area contributed by atoms with Crippen LogP contribution >= 0.6 is 0 Å². The van der Waals surface area contributed by atoms with E-state index in [2.05, 4.69) is 5.32 Å². The summed E-state index contributed by atoms with van der Waals surface area (Å²) in [6, 6.07) is 7.56. The van der Waals surface area contributed by atoms with Crippen LogP contribution in [0, 0.1) is 5.92 Å². The van der Waals surface area contributed by atoms with Gasteiger partial charge in [0, 0.05) is 18.8 Å². The molecule has 1 aliphatic heterocycles. The number of nitrogens with two attached hydrogens (primary N) is 1. The van der Waals surface area contributed by atoms with Gasteiger partial charge < -0.3 is 15.8 Å². The molecule has 17 heavy (non-hydrogen) atoms. The number of rotatable bonds is 3. The fraction of sp³-hybridized carbons (Fsp3) is 0.462. The van der Waals surface area contributed by atoms with E-state index in [1.54, 1.807) is 0 Å². The van der Waals surface area contributed by atoms with Gasteiger partial charge in [0.25, 0.3) is 5.91 Å². The van der Waals surface area contributed by atoms with Gasteiger partial charge in [-0.15, -0.1) is 0 Å². The molecule has 2 atom stereocenters. The Labute approximate surface area is 101 Å². The van der Waals surface area contributed by atoms with Gasteiger partial charge in [-0.25, -0.2) is 0 Å². The molecule has 2 unspecified atom stereocenters. The van der Waals surface area contributed by atoms with Crippen LogP contribution in [-0.4, -0.2) is 18.6 Å². The smallest absolute Gasteiger partial charge is 0.253 e. The molecule has 0 aliphatic carbocycles. The molecule has 4 nitrogen and oxygen atoms in total. The van der Waals surface area contributed by atoms with Gasteiger partial charge in [-0.1, -0.05) is 19.1 Å². The molecular formula is C13H18N2O2. The molecule has 92 valence electrons. The van der Waals surface area contributed by atoms with Crippen molar-refractivity contribution in [2.75, 3.05) is 11.9 Å². The molecule has 2 rings (SSSR count). The predicted octanol–water partition coefficient (Wildman–Crippen LogP) is 1.51. The van der Waals surface area contributed by atoms with Crippen molar-refractivity contribution in [3.8, 4) is 0 Å². The van der Waals surface area contributed by atoms with E-state index in [1.165, 1.54) is 0 Å². The lowest BCUT2D eigenvalue weighted by Gasteiger charge is -2.14. The third-order valence-electron chi connectivity index (χ3n) is 3.08. The van der Waals surface area contributed by atoms with E-state index in [0.29, 0.717) is 13.2 Å². The van der Waals surface area contributed by atoms with Crippen LogP contribution in [0.5, 0.6) is 0 Å². The van der Waals surface area contributed by atoms with Gasteiger partial charge in [0.2, 0.25) is 0 Å². The lowest BCUT2D eigenvalue weighted by atomic mass is 10.0.